The first-order valence-corrected chi connectivity index (χ1v) is 4.50. The van der Waals surface area contributed by atoms with Crippen LogP contribution in [0.3, 0.4) is 0 Å². The van der Waals surface area contributed by atoms with Crippen LogP contribution < -0.4 is 5.32 Å². The lowest BCUT2D eigenvalue weighted by Gasteiger charge is -2.42. The summed E-state index contributed by atoms with van der Waals surface area (Å²) in [5.74, 6) is 0. The average Bonchev–Trinajstić information content (AvgIpc) is 1.86. The Morgan fingerprint density at radius 2 is 2.18 bits per heavy atom. The second kappa shape index (κ2) is 3.11. The summed E-state index contributed by atoms with van der Waals surface area (Å²) in [4.78, 5) is 2.45. The molecule has 1 rings (SSSR count). The molecule has 0 bridgehead atoms. The third-order valence-corrected chi connectivity index (χ3v) is 2.56. The zero-order chi connectivity index (χ0) is 8.48. The van der Waals surface area contributed by atoms with E-state index in [1.165, 1.54) is 6.42 Å². The zero-order valence-corrected chi connectivity index (χ0v) is 8.15. The molecule has 1 unspecified atom stereocenters. The van der Waals surface area contributed by atoms with Crippen LogP contribution in [0, 0.1) is 0 Å². The van der Waals surface area contributed by atoms with Gasteiger partial charge in [-0.25, -0.2) is 0 Å². The quantitative estimate of drug-likeness (QED) is 0.611. The van der Waals surface area contributed by atoms with Crippen LogP contribution in [0.1, 0.15) is 27.2 Å². The predicted molar refractivity (Wildman–Crippen MR) is 48.8 cm³/mol. The normalized spacial score (nSPS) is 32.2. The highest BCUT2D eigenvalue weighted by molar-refractivity contribution is 4.89. The number of hydrogen-bond acceptors (Lipinski definition) is 2. The average molecular weight is 156 g/mol. The molecule has 0 amide bonds. The van der Waals surface area contributed by atoms with Crippen molar-refractivity contribution in [2.24, 2.45) is 0 Å². The molecule has 1 atom stereocenters. The minimum Gasteiger partial charge on any atom is -0.309 e. The molecule has 0 aromatic heterocycles. The van der Waals surface area contributed by atoms with Gasteiger partial charge < -0.3 is 10.2 Å². The van der Waals surface area contributed by atoms with Crippen LogP contribution in [-0.2, 0) is 0 Å². The second-order valence-corrected chi connectivity index (χ2v) is 4.24. The molecule has 1 saturated heterocycles. The summed E-state index contributed by atoms with van der Waals surface area (Å²) in [6.07, 6.45) is 1.25. The summed E-state index contributed by atoms with van der Waals surface area (Å²) in [7, 11) is 2.22. The standard InChI is InChI=1S/C9H20N2/c1-5-8-6-10-9(2,3)7-11(8)4/h8,10H,5-7H2,1-4H3. The molecular formula is C9H20N2. The second-order valence-electron chi connectivity index (χ2n) is 4.24. The number of likely N-dealkylation sites (N-methyl/N-ethyl adjacent to an activating group) is 1. The van der Waals surface area contributed by atoms with E-state index in [0.717, 1.165) is 19.1 Å². The summed E-state index contributed by atoms with van der Waals surface area (Å²) in [5, 5.41) is 3.55. The lowest BCUT2D eigenvalue weighted by Crippen LogP contribution is -2.60. The van der Waals surface area contributed by atoms with Crippen LogP contribution in [-0.4, -0.2) is 36.6 Å². The Labute approximate surface area is 70.0 Å². The molecule has 0 radical (unpaired) electrons. The SMILES string of the molecule is CCC1CNC(C)(C)CN1C. The van der Waals surface area contributed by atoms with E-state index in [-0.39, 0.29) is 0 Å². The van der Waals surface area contributed by atoms with Crippen LogP contribution >= 0.6 is 0 Å². The number of nitrogens with zero attached hydrogens (tertiary/aromatic N) is 1. The third-order valence-electron chi connectivity index (χ3n) is 2.56. The molecule has 0 aromatic carbocycles. The predicted octanol–water partition coefficient (Wildman–Crippen LogP) is 1.08. The van der Waals surface area contributed by atoms with Crippen molar-refractivity contribution in [2.45, 2.75) is 38.8 Å². The van der Waals surface area contributed by atoms with E-state index in [0.29, 0.717) is 5.54 Å². The van der Waals surface area contributed by atoms with Gasteiger partial charge in [-0.15, -0.1) is 0 Å². The van der Waals surface area contributed by atoms with Gasteiger partial charge in [0.15, 0.2) is 0 Å². The molecule has 1 fully saturated rings. The van der Waals surface area contributed by atoms with Gasteiger partial charge in [-0.3, -0.25) is 0 Å². The van der Waals surface area contributed by atoms with Crippen molar-refractivity contribution in [3.8, 4) is 0 Å². The van der Waals surface area contributed by atoms with Gasteiger partial charge >= 0.3 is 0 Å². The Hall–Kier alpha value is -0.0800. The minimum absolute atomic E-state index is 0.306. The van der Waals surface area contributed by atoms with Crippen molar-refractivity contribution in [2.75, 3.05) is 20.1 Å². The van der Waals surface area contributed by atoms with Gasteiger partial charge in [0.1, 0.15) is 0 Å². The molecule has 1 aliphatic rings. The highest BCUT2D eigenvalue weighted by Crippen LogP contribution is 2.14. The van der Waals surface area contributed by atoms with Gasteiger partial charge in [0.2, 0.25) is 0 Å². The summed E-state index contributed by atoms with van der Waals surface area (Å²) < 4.78 is 0. The first-order chi connectivity index (χ1) is 5.05. The van der Waals surface area contributed by atoms with Gasteiger partial charge in [-0.05, 0) is 27.3 Å². The molecule has 1 heterocycles. The van der Waals surface area contributed by atoms with Gasteiger partial charge in [0.05, 0.1) is 0 Å². The van der Waals surface area contributed by atoms with Crippen molar-refractivity contribution >= 4 is 0 Å². The van der Waals surface area contributed by atoms with Gasteiger partial charge in [0, 0.05) is 24.7 Å². The molecule has 1 aliphatic heterocycles. The molecule has 2 heteroatoms. The molecule has 1 N–H and O–H groups in total. The molecular weight excluding hydrogens is 136 g/mol. The van der Waals surface area contributed by atoms with Crippen molar-refractivity contribution < 1.29 is 0 Å². The number of hydrogen-bond donors (Lipinski definition) is 1. The smallest absolute Gasteiger partial charge is 0.0252 e. The first-order valence-electron chi connectivity index (χ1n) is 4.50. The van der Waals surface area contributed by atoms with E-state index in [1.807, 2.05) is 0 Å². The Morgan fingerprint density at radius 3 is 2.64 bits per heavy atom. The van der Waals surface area contributed by atoms with Crippen LogP contribution in [0.15, 0.2) is 0 Å². The topological polar surface area (TPSA) is 15.3 Å². The first kappa shape index (κ1) is 9.01. The monoisotopic (exact) mass is 156 g/mol. The van der Waals surface area contributed by atoms with Gasteiger partial charge in [0.25, 0.3) is 0 Å². The summed E-state index contributed by atoms with van der Waals surface area (Å²) in [6, 6.07) is 0.739. The minimum atomic E-state index is 0.306. The van der Waals surface area contributed by atoms with Crippen LogP contribution in [0.25, 0.3) is 0 Å². The highest BCUT2D eigenvalue weighted by Gasteiger charge is 2.28. The van der Waals surface area contributed by atoms with Gasteiger partial charge in [-0.2, -0.15) is 0 Å². The van der Waals surface area contributed by atoms with Crippen molar-refractivity contribution in [3.63, 3.8) is 0 Å². The van der Waals surface area contributed by atoms with E-state index in [2.05, 4.69) is 38.0 Å². The third kappa shape index (κ3) is 2.17. The van der Waals surface area contributed by atoms with Crippen molar-refractivity contribution in [1.29, 1.82) is 0 Å². The molecule has 2 nitrogen and oxygen atoms in total. The zero-order valence-electron chi connectivity index (χ0n) is 8.15. The molecule has 0 saturated carbocycles. The fourth-order valence-electron chi connectivity index (χ4n) is 1.81. The van der Waals surface area contributed by atoms with E-state index < -0.39 is 0 Å². The fourth-order valence-corrected chi connectivity index (χ4v) is 1.81. The van der Waals surface area contributed by atoms with E-state index in [4.69, 9.17) is 0 Å². The lowest BCUT2D eigenvalue weighted by atomic mass is 9.98. The Kier molecular flexibility index (Phi) is 2.55. The summed E-state index contributed by atoms with van der Waals surface area (Å²) >= 11 is 0. The van der Waals surface area contributed by atoms with Crippen molar-refractivity contribution in [1.82, 2.24) is 10.2 Å². The van der Waals surface area contributed by atoms with Gasteiger partial charge in [-0.1, -0.05) is 6.92 Å². The van der Waals surface area contributed by atoms with Crippen LogP contribution in [0.5, 0.6) is 0 Å². The van der Waals surface area contributed by atoms with E-state index in [1.54, 1.807) is 0 Å². The number of rotatable bonds is 1. The van der Waals surface area contributed by atoms with E-state index in [9.17, 15) is 0 Å². The maximum atomic E-state index is 3.55. The largest absolute Gasteiger partial charge is 0.309 e. The number of piperazine rings is 1. The lowest BCUT2D eigenvalue weighted by molar-refractivity contribution is 0.120. The molecule has 66 valence electrons. The maximum Gasteiger partial charge on any atom is 0.0252 e. The molecule has 0 spiro atoms. The van der Waals surface area contributed by atoms with E-state index >= 15 is 0 Å². The van der Waals surface area contributed by atoms with Crippen LogP contribution in [0.4, 0.5) is 0 Å². The summed E-state index contributed by atoms with van der Waals surface area (Å²) in [5.41, 5.74) is 0.306. The van der Waals surface area contributed by atoms with Crippen molar-refractivity contribution in [3.05, 3.63) is 0 Å². The van der Waals surface area contributed by atoms with Crippen LogP contribution in [0.2, 0.25) is 0 Å². The molecule has 11 heavy (non-hydrogen) atoms. The molecule has 0 aromatic rings. The Bertz CT molecular complexity index is 132. The Balaban J connectivity index is 2.48. The maximum absolute atomic E-state index is 3.55. The fraction of sp³-hybridized carbons (Fsp3) is 1.00. The molecule has 0 aliphatic carbocycles. The number of nitrogens with one attached hydrogen (secondary N) is 1. The highest BCUT2D eigenvalue weighted by atomic mass is 15.2. The Morgan fingerprint density at radius 1 is 1.55 bits per heavy atom. The summed E-state index contributed by atoms with van der Waals surface area (Å²) in [6.45, 7) is 9.07.